The van der Waals surface area contributed by atoms with E-state index in [0.717, 1.165) is 19.4 Å². The summed E-state index contributed by atoms with van der Waals surface area (Å²) in [6.45, 7) is 0.925. The average molecular weight is 213 g/mol. The summed E-state index contributed by atoms with van der Waals surface area (Å²) < 4.78 is 0. The Morgan fingerprint density at radius 3 is 2.86 bits per heavy atom. The van der Waals surface area contributed by atoms with E-state index in [1.807, 2.05) is 0 Å². The van der Waals surface area contributed by atoms with Crippen LogP contribution < -0.4 is 10.6 Å². The highest BCUT2D eigenvalue weighted by Crippen LogP contribution is 2.10. The average Bonchev–Trinajstić information content (AvgIpc) is 2.73. The van der Waals surface area contributed by atoms with Gasteiger partial charge in [-0.05, 0) is 31.6 Å². The van der Waals surface area contributed by atoms with E-state index < -0.39 is 0 Å². The van der Waals surface area contributed by atoms with Gasteiger partial charge < -0.3 is 10.6 Å². The van der Waals surface area contributed by atoms with Crippen LogP contribution in [-0.2, 0) is 9.59 Å². The fourth-order valence-electron chi connectivity index (χ4n) is 1.70. The summed E-state index contributed by atoms with van der Waals surface area (Å²) in [5.41, 5.74) is 0. The van der Waals surface area contributed by atoms with Gasteiger partial charge in [-0.3, -0.25) is 14.5 Å². The second kappa shape index (κ2) is 3.62. The van der Waals surface area contributed by atoms with Gasteiger partial charge in [0.05, 0.1) is 6.04 Å². The van der Waals surface area contributed by atoms with E-state index in [4.69, 9.17) is 12.2 Å². The molecule has 0 aromatic heterocycles. The van der Waals surface area contributed by atoms with Crippen molar-refractivity contribution >= 4 is 29.1 Å². The maximum Gasteiger partial charge on any atom is 0.246 e. The Morgan fingerprint density at radius 1 is 1.57 bits per heavy atom. The third-order valence-electron chi connectivity index (χ3n) is 2.42. The highest BCUT2D eigenvalue weighted by atomic mass is 32.1. The van der Waals surface area contributed by atoms with Crippen LogP contribution in [0.5, 0.6) is 0 Å². The molecule has 2 aliphatic heterocycles. The summed E-state index contributed by atoms with van der Waals surface area (Å²) in [6, 6.07) is -0.166. The van der Waals surface area contributed by atoms with Crippen molar-refractivity contribution < 1.29 is 9.59 Å². The van der Waals surface area contributed by atoms with E-state index in [1.54, 1.807) is 0 Å². The summed E-state index contributed by atoms with van der Waals surface area (Å²) in [4.78, 5) is 24.1. The van der Waals surface area contributed by atoms with Crippen LogP contribution in [-0.4, -0.2) is 41.0 Å². The van der Waals surface area contributed by atoms with Gasteiger partial charge in [-0.15, -0.1) is 0 Å². The number of carbonyl (C=O) groups is 2. The fraction of sp³-hybridized carbons (Fsp3) is 0.625. The molecule has 6 heteroatoms. The topological polar surface area (TPSA) is 61.4 Å². The minimum Gasteiger partial charge on any atom is -0.306 e. The summed E-state index contributed by atoms with van der Waals surface area (Å²) >= 11 is 4.87. The molecule has 2 heterocycles. The normalized spacial score (nSPS) is 26.9. The molecule has 2 amide bonds. The van der Waals surface area contributed by atoms with Gasteiger partial charge in [0.1, 0.15) is 6.54 Å². The second-order valence-electron chi connectivity index (χ2n) is 3.43. The zero-order chi connectivity index (χ0) is 10.1. The second-order valence-corrected chi connectivity index (χ2v) is 3.81. The van der Waals surface area contributed by atoms with E-state index in [2.05, 4.69) is 10.6 Å². The first-order valence-electron chi connectivity index (χ1n) is 4.57. The minimum absolute atomic E-state index is 0.0653. The lowest BCUT2D eigenvalue weighted by atomic mass is 10.2. The number of hydrogen-bond donors (Lipinski definition) is 2. The zero-order valence-corrected chi connectivity index (χ0v) is 8.39. The molecule has 0 bridgehead atoms. The Kier molecular flexibility index (Phi) is 2.47. The quantitative estimate of drug-likeness (QED) is 0.547. The smallest absolute Gasteiger partial charge is 0.246 e. The highest BCUT2D eigenvalue weighted by Gasteiger charge is 2.34. The van der Waals surface area contributed by atoms with Crippen molar-refractivity contribution in [3.63, 3.8) is 0 Å². The molecule has 0 aromatic carbocycles. The van der Waals surface area contributed by atoms with Crippen LogP contribution in [0.25, 0.3) is 0 Å². The predicted octanol–water partition coefficient (Wildman–Crippen LogP) is -1.02. The van der Waals surface area contributed by atoms with E-state index in [0.29, 0.717) is 0 Å². The standard InChI is InChI=1S/C8H11N3O2S/c12-6-4-11(8(14)10-6)7(13)5-2-1-3-9-5/h5,9H,1-4H2,(H,10,12,14)/t5-/m0/s1. The van der Waals surface area contributed by atoms with Crippen LogP contribution >= 0.6 is 12.2 Å². The molecule has 0 aromatic rings. The molecule has 2 saturated heterocycles. The lowest BCUT2D eigenvalue weighted by molar-refractivity contribution is -0.131. The molecule has 0 radical (unpaired) electrons. The molecule has 76 valence electrons. The molecule has 14 heavy (non-hydrogen) atoms. The van der Waals surface area contributed by atoms with E-state index >= 15 is 0 Å². The predicted molar refractivity (Wildman–Crippen MR) is 53.5 cm³/mol. The van der Waals surface area contributed by atoms with Crippen molar-refractivity contribution in [2.75, 3.05) is 13.1 Å². The monoisotopic (exact) mass is 213 g/mol. The summed E-state index contributed by atoms with van der Waals surface area (Å²) in [5.74, 6) is -0.299. The molecule has 2 aliphatic rings. The van der Waals surface area contributed by atoms with Crippen LogP contribution in [0.15, 0.2) is 0 Å². The van der Waals surface area contributed by atoms with Crippen molar-refractivity contribution in [3.05, 3.63) is 0 Å². The maximum atomic E-state index is 11.8. The lowest BCUT2D eigenvalue weighted by Crippen LogP contribution is -2.44. The molecule has 0 spiro atoms. The number of thiocarbonyl (C=S) groups is 1. The molecule has 0 saturated carbocycles. The summed E-state index contributed by atoms with van der Waals surface area (Å²) in [5, 5.41) is 5.75. The molecular formula is C8H11N3O2S. The summed E-state index contributed by atoms with van der Waals surface area (Å²) in [6.07, 6.45) is 1.82. The first kappa shape index (κ1) is 9.54. The number of rotatable bonds is 1. The Bertz CT molecular complexity index is 299. The van der Waals surface area contributed by atoms with Gasteiger partial charge in [0.15, 0.2) is 5.11 Å². The van der Waals surface area contributed by atoms with Crippen LogP contribution in [0.2, 0.25) is 0 Å². The van der Waals surface area contributed by atoms with Crippen molar-refractivity contribution in [1.82, 2.24) is 15.5 Å². The first-order valence-corrected chi connectivity index (χ1v) is 4.98. The number of hydrogen-bond acceptors (Lipinski definition) is 4. The Labute approximate surface area is 86.8 Å². The maximum absolute atomic E-state index is 11.8. The Morgan fingerprint density at radius 2 is 2.36 bits per heavy atom. The van der Waals surface area contributed by atoms with Gasteiger partial charge in [-0.1, -0.05) is 0 Å². The molecule has 0 aliphatic carbocycles. The van der Waals surface area contributed by atoms with E-state index in [-0.39, 0.29) is 29.5 Å². The van der Waals surface area contributed by atoms with Crippen LogP contribution in [0, 0.1) is 0 Å². The van der Waals surface area contributed by atoms with Crippen molar-refractivity contribution in [3.8, 4) is 0 Å². The van der Waals surface area contributed by atoms with Crippen molar-refractivity contribution in [2.45, 2.75) is 18.9 Å². The molecule has 2 N–H and O–H groups in total. The van der Waals surface area contributed by atoms with Crippen LogP contribution in [0.3, 0.4) is 0 Å². The lowest BCUT2D eigenvalue weighted by Gasteiger charge is -2.17. The van der Waals surface area contributed by atoms with Gasteiger partial charge in [-0.25, -0.2) is 0 Å². The van der Waals surface area contributed by atoms with Crippen molar-refractivity contribution in [1.29, 1.82) is 0 Å². The van der Waals surface area contributed by atoms with Crippen molar-refractivity contribution in [2.24, 2.45) is 0 Å². The highest BCUT2D eigenvalue weighted by molar-refractivity contribution is 7.80. The third kappa shape index (κ3) is 1.62. The number of nitrogens with one attached hydrogen (secondary N) is 2. The fourth-order valence-corrected chi connectivity index (χ4v) is 1.97. The number of amides is 2. The van der Waals surface area contributed by atoms with Crippen LogP contribution in [0.4, 0.5) is 0 Å². The largest absolute Gasteiger partial charge is 0.306 e. The van der Waals surface area contributed by atoms with Gasteiger partial charge >= 0.3 is 0 Å². The zero-order valence-electron chi connectivity index (χ0n) is 7.58. The molecular weight excluding hydrogens is 202 g/mol. The van der Waals surface area contributed by atoms with Gasteiger partial charge in [0.2, 0.25) is 11.8 Å². The molecule has 2 fully saturated rings. The van der Waals surface area contributed by atoms with Gasteiger partial charge in [0, 0.05) is 0 Å². The third-order valence-corrected chi connectivity index (χ3v) is 2.74. The Hall–Kier alpha value is -1.01. The van der Waals surface area contributed by atoms with E-state index in [9.17, 15) is 9.59 Å². The molecule has 2 rings (SSSR count). The van der Waals surface area contributed by atoms with Gasteiger partial charge in [-0.2, -0.15) is 0 Å². The first-order chi connectivity index (χ1) is 6.68. The number of nitrogens with zero attached hydrogens (tertiary/aromatic N) is 1. The summed E-state index contributed by atoms with van der Waals surface area (Å²) in [7, 11) is 0. The minimum atomic E-state index is -0.207. The SMILES string of the molecule is O=C1CN(C(=O)[C@@H]2CCCN2)C(=S)N1. The number of carbonyl (C=O) groups excluding carboxylic acids is 2. The molecule has 5 nitrogen and oxygen atoms in total. The molecule has 0 unspecified atom stereocenters. The van der Waals surface area contributed by atoms with Crippen LogP contribution in [0.1, 0.15) is 12.8 Å². The van der Waals surface area contributed by atoms with Gasteiger partial charge in [0.25, 0.3) is 0 Å². The molecule has 1 atom stereocenters. The Balaban J connectivity index is 2.03. The van der Waals surface area contributed by atoms with E-state index in [1.165, 1.54) is 4.90 Å².